The van der Waals surface area contributed by atoms with Crippen molar-refractivity contribution in [2.75, 3.05) is 19.3 Å². The van der Waals surface area contributed by atoms with Crippen molar-refractivity contribution in [3.05, 3.63) is 29.8 Å². The van der Waals surface area contributed by atoms with Crippen LogP contribution in [0.1, 0.15) is 10.4 Å². The first-order chi connectivity index (χ1) is 6.77. The molecule has 14 heavy (non-hydrogen) atoms. The Morgan fingerprint density at radius 1 is 1.50 bits per heavy atom. The minimum Gasteiger partial charge on any atom is -0.497 e. The Balaban J connectivity index is 2.69. The maximum absolute atomic E-state index is 11.4. The maximum atomic E-state index is 11.4. The number of rotatable bonds is 4. The zero-order chi connectivity index (χ0) is 10.4. The molecule has 0 bridgehead atoms. The summed E-state index contributed by atoms with van der Waals surface area (Å²) in [6, 6.07) is 6.90. The second-order valence-electron chi connectivity index (χ2n) is 2.57. The summed E-state index contributed by atoms with van der Waals surface area (Å²) in [7, 11) is 1.56. The topological polar surface area (TPSA) is 35.5 Å². The highest BCUT2D eigenvalue weighted by Crippen LogP contribution is 2.13. The van der Waals surface area contributed by atoms with Gasteiger partial charge in [0, 0.05) is 0 Å². The number of carbonyl (C=O) groups is 1. The number of carbonyl (C=O) groups excluding carboxylic acids is 1. The molecule has 0 aromatic heterocycles. The van der Waals surface area contributed by atoms with Gasteiger partial charge in [0.1, 0.15) is 11.7 Å². The molecule has 0 unspecified atom stereocenters. The van der Waals surface area contributed by atoms with Gasteiger partial charge in [-0.25, -0.2) is 4.79 Å². The largest absolute Gasteiger partial charge is 0.497 e. The smallest absolute Gasteiger partial charge is 0.339 e. The molecule has 0 saturated heterocycles. The molecule has 0 radical (unpaired) electrons. The van der Waals surface area contributed by atoms with Crippen molar-refractivity contribution in [3.8, 4) is 5.75 Å². The van der Waals surface area contributed by atoms with Crippen LogP contribution in [0.15, 0.2) is 24.3 Å². The molecule has 1 rings (SSSR count). The van der Waals surface area contributed by atoms with E-state index < -0.39 is 0 Å². The highest BCUT2D eigenvalue weighted by atomic mass is 32.2. The van der Waals surface area contributed by atoms with Crippen LogP contribution in [0.5, 0.6) is 5.75 Å². The summed E-state index contributed by atoms with van der Waals surface area (Å²) in [6.07, 6.45) is 1.87. The molecule has 0 aliphatic carbocycles. The van der Waals surface area contributed by atoms with Gasteiger partial charge in [-0.05, 0) is 24.5 Å². The van der Waals surface area contributed by atoms with Gasteiger partial charge < -0.3 is 9.47 Å². The number of benzene rings is 1. The summed E-state index contributed by atoms with van der Waals surface area (Å²) >= 11 is 1.46. The Kier molecular flexibility index (Phi) is 4.32. The van der Waals surface area contributed by atoms with Gasteiger partial charge in [-0.2, -0.15) is 0 Å². The molecule has 76 valence electrons. The number of esters is 1. The normalized spacial score (nSPS) is 9.57. The van der Waals surface area contributed by atoms with Gasteiger partial charge in [0.05, 0.1) is 12.7 Å². The van der Waals surface area contributed by atoms with Crippen molar-refractivity contribution in [2.45, 2.75) is 0 Å². The van der Waals surface area contributed by atoms with Crippen LogP contribution in [0, 0.1) is 0 Å². The van der Waals surface area contributed by atoms with Crippen LogP contribution in [-0.2, 0) is 4.74 Å². The molecule has 0 aliphatic rings. The second kappa shape index (κ2) is 5.54. The molecule has 1 aromatic rings. The van der Waals surface area contributed by atoms with E-state index in [2.05, 4.69) is 0 Å². The van der Waals surface area contributed by atoms with Crippen LogP contribution in [0.25, 0.3) is 0 Å². The first-order valence-corrected chi connectivity index (χ1v) is 5.47. The number of methoxy groups -OCH3 is 1. The second-order valence-corrected chi connectivity index (χ2v) is 3.38. The number of hydrogen-bond donors (Lipinski definition) is 0. The standard InChI is InChI=1S/C10H12O3S/c1-12-9-5-3-4-8(6-9)10(11)13-7-14-2/h3-6H,7H2,1-2H3. The summed E-state index contributed by atoms with van der Waals surface area (Å²) in [5, 5.41) is 0. The van der Waals surface area contributed by atoms with E-state index in [0.717, 1.165) is 0 Å². The van der Waals surface area contributed by atoms with Gasteiger partial charge in [0.15, 0.2) is 0 Å². The first-order valence-electron chi connectivity index (χ1n) is 4.08. The molecule has 0 N–H and O–H groups in total. The monoisotopic (exact) mass is 212 g/mol. The average Bonchev–Trinajstić information content (AvgIpc) is 2.26. The summed E-state index contributed by atoms with van der Waals surface area (Å²) in [5.74, 6) is 0.706. The van der Waals surface area contributed by atoms with Crippen LogP contribution in [0.3, 0.4) is 0 Å². The molecule has 0 atom stereocenters. The fraction of sp³-hybridized carbons (Fsp3) is 0.300. The predicted octanol–water partition coefficient (Wildman–Crippen LogP) is 2.17. The minimum absolute atomic E-state index is 0.321. The molecular formula is C10H12O3S. The van der Waals surface area contributed by atoms with Crippen LogP contribution in [0.4, 0.5) is 0 Å². The molecular weight excluding hydrogens is 200 g/mol. The van der Waals surface area contributed by atoms with E-state index in [-0.39, 0.29) is 5.97 Å². The van der Waals surface area contributed by atoms with Gasteiger partial charge in [0.2, 0.25) is 0 Å². The quantitative estimate of drug-likeness (QED) is 0.566. The zero-order valence-corrected chi connectivity index (χ0v) is 8.97. The van der Waals surface area contributed by atoms with E-state index in [1.807, 2.05) is 6.26 Å². The summed E-state index contributed by atoms with van der Waals surface area (Å²) < 4.78 is 9.94. The Bertz CT molecular complexity index is 312. The highest BCUT2D eigenvalue weighted by Gasteiger charge is 2.06. The molecule has 0 aliphatic heterocycles. The summed E-state index contributed by atoms with van der Waals surface area (Å²) in [4.78, 5) is 11.4. The molecule has 0 saturated carbocycles. The molecule has 3 nitrogen and oxygen atoms in total. The van der Waals surface area contributed by atoms with Gasteiger partial charge >= 0.3 is 5.97 Å². The lowest BCUT2D eigenvalue weighted by molar-refractivity contribution is 0.0579. The molecule has 4 heteroatoms. The summed E-state index contributed by atoms with van der Waals surface area (Å²) in [5.41, 5.74) is 0.512. The molecule has 0 heterocycles. The molecule has 0 amide bonds. The molecule has 1 aromatic carbocycles. The Hall–Kier alpha value is -1.16. The van der Waals surface area contributed by atoms with Crippen molar-refractivity contribution in [3.63, 3.8) is 0 Å². The van der Waals surface area contributed by atoms with Crippen LogP contribution in [0.2, 0.25) is 0 Å². The average molecular weight is 212 g/mol. The zero-order valence-electron chi connectivity index (χ0n) is 8.15. The fourth-order valence-electron chi connectivity index (χ4n) is 0.946. The van der Waals surface area contributed by atoms with Crippen LogP contribution >= 0.6 is 11.8 Å². The van der Waals surface area contributed by atoms with E-state index in [1.54, 1.807) is 31.4 Å². The highest BCUT2D eigenvalue weighted by molar-refractivity contribution is 7.98. The van der Waals surface area contributed by atoms with Gasteiger partial charge in [0.25, 0.3) is 0 Å². The SMILES string of the molecule is COc1cccc(C(=O)OCSC)c1. The lowest BCUT2D eigenvalue weighted by Crippen LogP contribution is -2.04. The first kappa shape index (κ1) is 10.9. The third kappa shape index (κ3) is 2.96. The molecule has 0 fully saturated rings. The van der Waals surface area contributed by atoms with E-state index in [0.29, 0.717) is 17.3 Å². The van der Waals surface area contributed by atoms with Crippen LogP contribution < -0.4 is 4.74 Å². The lowest BCUT2D eigenvalue weighted by Gasteiger charge is -2.04. The van der Waals surface area contributed by atoms with Crippen molar-refractivity contribution in [1.29, 1.82) is 0 Å². The van der Waals surface area contributed by atoms with Crippen molar-refractivity contribution in [2.24, 2.45) is 0 Å². The number of hydrogen-bond acceptors (Lipinski definition) is 4. The predicted molar refractivity (Wildman–Crippen MR) is 56.8 cm³/mol. The van der Waals surface area contributed by atoms with E-state index in [4.69, 9.17) is 9.47 Å². The third-order valence-electron chi connectivity index (χ3n) is 1.61. The number of ether oxygens (including phenoxy) is 2. The molecule has 0 spiro atoms. The Labute approximate surface area is 87.4 Å². The van der Waals surface area contributed by atoms with Gasteiger partial charge in [-0.3, -0.25) is 0 Å². The van der Waals surface area contributed by atoms with Crippen molar-refractivity contribution < 1.29 is 14.3 Å². The minimum atomic E-state index is -0.321. The summed E-state index contributed by atoms with van der Waals surface area (Å²) in [6.45, 7) is 0. The maximum Gasteiger partial charge on any atom is 0.339 e. The number of thioether (sulfide) groups is 1. The van der Waals surface area contributed by atoms with Gasteiger partial charge in [-0.1, -0.05) is 6.07 Å². The lowest BCUT2D eigenvalue weighted by atomic mass is 10.2. The van der Waals surface area contributed by atoms with E-state index in [9.17, 15) is 4.79 Å². The Morgan fingerprint density at radius 2 is 2.29 bits per heavy atom. The fourth-order valence-corrected chi connectivity index (χ4v) is 1.17. The van der Waals surface area contributed by atoms with Crippen molar-refractivity contribution in [1.82, 2.24) is 0 Å². The van der Waals surface area contributed by atoms with Crippen molar-refractivity contribution >= 4 is 17.7 Å². The van der Waals surface area contributed by atoms with E-state index >= 15 is 0 Å². The van der Waals surface area contributed by atoms with E-state index in [1.165, 1.54) is 11.8 Å². The van der Waals surface area contributed by atoms with Crippen LogP contribution in [-0.4, -0.2) is 25.3 Å². The third-order valence-corrected chi connectivity index (χ3v) is 1.97. The Morgan fingerprint density at radius 3 is 2.93 bits per heavy atom. The van der Waals surface area contributed by atoms with Gasteiger partial charge in [-0.15, -0.1) is 11.8 Å².